The van der Waals surface area contributed by atoms with E-state index < -0.39 is 0 Å². The summed E-state index contributed by atoms with van der Waals surface area (Å²) in [5, 5.41) is 0.585. The van der Waals surface area contributed by atoms with Crippen LogP contribution in [-0.4, -0.2) is 53.9 Å². The van der Waals surface area contributed by atoms with Gasteiger partial charge >= 0.3 is 0 Å². The summed E-state index contributed by atoms with van der Waals surface area (Å²) in [6.07, 6.45) is 1.74. The van der Waals surface area contributed by atoms with Crippen LogP contribution in [0.2, 0.25) is 5.02 Å². The van der Waals surface area contributed by atoms with Gasteiger partial charge in [0.2, 0.25) is 11.8 Å². The number of nitrogens with zero attached hydrogens (tertiary/aromatic N) is 2. The average Bonchev–Trinajstić information content (AvgIpc) is 2.51. The Morgan fingerprint density at radius 3 is 2.61 bits per heavy atom. The van der Waals surface area contributed by atoms with Gasteiger partial charge in [-0.05, 0) is 25.0 Å². The number of para-hydroxylation sites is 1. The van der Waals surface area contributed by atoms with Gasteiger partial charge in [-0.3, -0.25) is 9.59 Å². The number of carbonyl (C=O) groups is 2. The summed E-state index contributed by atoms with van der Waals surface area (Å²) < 4.78 is 5.82. The predicted octanol–water partition coefficient (Wildman–Crippen LogP) is 2.19. The van der Waals surface area contributed by atoms with Gasteiger partial charge in [-0.25, -0.2) is 0 Å². The first-order valence-corrected chi connectivity index (χ1v) is 8.38. The monoisotopic (exact) mass is 336 g/mol. The molecule has 0 aliphatic carbocycles. The standard InChI is InChI=1S/C17H21ClN2O3/c1-12(21)19-8-4-5-13(9-19)17(22)20-10-14(11-20)23-16-7-3-2-6-15(16)18/h2-3,6-7,13-14H,4-5,8-11H2,1H3. The highest BCUT2D eigenvalue weighted by Crippen LogP contribution is 2.28. The molecule has 2 amide bonds. The summed E-state index contributed by atoms with van der Waals surface area (Å²) in [5.41, 5.74) is 0. The summed E-state index contributed by atoms with van der Waals surface area (Å²) in [7, 11) is 0. The van der Waals surface area contributed by atoms with E-state index >= 15 is 0 Å². The van der Waals surface area contributed by atoms with Crippen LogP contribution in [0.1, 0.15) is 19.8 Å². The van der Waals surface area contributed by atoms with Gasteiger partial charge in [-0.15, -0.1) is 0 Å². The minimum Gasteiger partial charge on any atom is -0.485 e. The Labute approximate surface area is 141 Å². The second-order valence-electron chi connectivity index (χ2n) is 6.22. The molecule has 1 aromatic carbocycles. The highest BCUT2D eigenvalue weighted by molar-refractivity contribution is 6.32. The van der Waals surface area contributed by atoms with Gasteiger partial charge in [-0.1, -0.05) is 23.7 Å². The van der Waals surface area contributed by atoms with E-state index in [1.807, 2.05) is 23.1 Å². The zero-order valence-electron chi connectivity index (χ0n) is 13.2. The van der Waals surface area contributed by atoms with Crippen molar-refractivity contribution in [3.05, 3.63) is 29.3 Å². The molecule has 2 aliphatic heterocycles. The third-order valence-corrected chi connectivity index (χ3v) is 4.82. The molecule has 6 heteroatoms. The Morgan fingerprint density at radius 1 is 1.17 bits per heavy atom. The fourth-order valence-electron chi connectivity index (χ4n) is 3.14. The van der Waals surface area contributed by atoms with Crippen LogP contribution in [-0.2, 0) is 9.59 Å². The molecule has 2 fully saturated rings. The van der Waals surface area contributed by atoms with Crippen molar-refractivity contribution >= 4 is 23.4 Å². The Hall–Kier alpha value is -1.75. The van der Waals surface area contributed by atoms with Crippen molar-refractivity contribution in [1.29, 1.82) is 0 Å². The maximum Gasteiger partial charge on any atom is 0.227 e. The van der Waals surface area contributed by atoms with Crippen LogP contribution >= 0.6 is 11.6 Å². The molecule has 2 saturated heterocycles. The van der Waals surface area contributed by atoms with E-state index in [1.54, 1.807) is 17.9 Å². The molecule has 23 heavy (non-hydrogen) atoms. The quantitative estimate of drug-likeness (QED) is 0.850. The Kier molecular flexibility index (Phi) is 4.76. The third kappa shape index (κ3) is 3.61. The van der Waals surface area contributed by atoms with E-state index in [0.717, 1.165) is 19.4 Å². The normalized spacial score (nSPS) is 21.7. The van der Waals surface area contributed by atoms with Gasteiger partial charge < -0.3 is 14.5 Å². The zero-order valence-corrected chi connectivity index (χ0v) is 14.0. The van der Waals surface area contributed by atoms with E-state index in [-0.39, 0.29) is 23.8 Å². The number of hydrogen-bond donors (Lipinski definition) is 0. The van der Waals surface area contributed by atoms with Crippen molar-refractivity contribution in [2.24, 2.45) is 5.92 Å². The van der Waals surface area contributed by atoms with E-state index in [0.29, 0.717) is 30.4 Å². The van der Waals surface area contributed by atoms with Crippen LogP contribution in [0.5, 0.6) is 5.75 Å². The summed E-state index contributed by atoms with van der Waals surface area (Å²) in [6, 6.07) is 7.35. The number of rotatable bonds is 3. The lowest BCUT2D eigenvalue weighted by molar-refractivity contribution is -0.147. The maximum absolute atomic E-state index is 12.5. The SMILES string of the molecule is CC(=O)N1CCCC(C(=O)N2CC(Oc3ccccc3Cl)C2)C1. The summed E-state index contributed by atoms with van der Waals surface area (Å²) in [4.78, 5) is 27.6. The molecule has 1 aromatic rings. The lowest BCUT2D eigenvalue weighted by Crippen LogP contribution is -2.59. The Bertz CT molecular complexity index is 601. The van der Waals surface area contributed by atoms with Crippen LogP contribution in [0.25, 0.3) is 0 Å². The third-order valence-electron chi connectivity index (χ3n) is 4.51. The van der Waals surface area contributed by atoms with Gasteiger partial charge in [0.15, 0.2) is 0 Å². The van der Waals surface area contributed by atoms with Crippen molar-refractivity contribution in [2.45, 2.75) is 25.9 Å². The Balaban J connectivity index is 1.50. The highest BCUT2D eigenvalue weighted by atomic mass is 35.5. The summed E-state index contributed by atoms with van der Waals surface area (Å²) in [6.45, 7) is 4.03. The van der Waals surface area contributed by atoms with Crippen molar-refractivity contribution in [3.63, 3.8) is 0 Å². The number of benzene rings is 1. The van der Waals surface area contributed by atoms with E-state index in [1.165, 1.54) is 0 Å². The fourth-order valence-corrected chi connectivity index (χ4v) is 3.32. The fraction of sp³-hybridized carbons (Fsp3) is 0.529. The molecule has 5 nitrogen and oxygen atoms in total. The molecule has 0 bridgehead atoms. The number of likely N-dealkylation sites (tertiary alicyclic amines) is 2. The first-order chi connectivity index (χ1) is 11.0. The van der Waals surface area contributed by atoms with Crippen molar-refractivity contribution in [2.75, 3.05) is 26.2 Å². The summed E-state index contributed by atoms with van der Waals surface area (Å²) in [5.74, 6) is 0.765. The molecule has 0 N–H and O–H groups in total. The number of ether oxygens (including phenoxy) is 1. The van der Waals surface area contributed by atoms with Crippen molar-refractivity contribution in [3.8, 4) is 5.75 Å². The molecule has 0 radical (unpaired) electrons. The summed E-state index contributed by atoms with van der Waals surface area (Å²) >= 11 is 6.07. The molecule has 0 aromatic heterocycles. The van der Waals surface area contributed by atoms with E-state index in [9.17, 15) is 9.59 Å². The second kappa shape index (κ2) is 6.79. The van der Waals surface area contributed by atoms with E-state index in [2.05, 4.69) is 0 Å². The largest absolute Gasteiger partial charge is 0.485 e. The molecule has 0 saturated carbocycles. The minimum atomic E-state index is -0.0751. The molecule has 2 heterocycles. The number of hydrogen-bond acceptors (Lipinski definition) is 3. The average molecular weight is 337 g/mol. The van der Waals surface area contributed by atoms with Crippen molar-refractivity contribution in [1.82, 2.24) is 9.80 Å². The Morgan fingerprint density at radius 2 is 1.91 bits per heavy atom. The van der Waals surface area contributed by atoms with Gasteiger partial charge in [-0.2, -0.15) is 0 Å². The van der Waals surface area contributed by atoms with Crippen LogP contribution in [0.3, 0.4) is 0 Å². The lowest BCUT2D eigenvalue weighted by Gasteiger charge is -2.42. The lowest BCUT2D eigenvalue weighted by atomic mass is 9.95. The van der Waals surface area contributed by atoms with Gasteiger partial charge in [0.1, 0.15) is 11.9 Å². The van der Waals surface area contributed by atoms with E-state index in [4.69, 9.17) is 16.3 Å². The van der Waals surface area contributed by atoms with Crippen LogP contribution in [0.15, 0.2) is 24.3 Å². The molecule has 1 unspecified atom stereocenters. The topological polar surface area (TPSA) is 49.9 Å². The number of halogens is 1. The first-order valence-electron chi connectivity index (χ1n) is 8.00. The zero-order chi connectivity index (χ0) is 16.4. The number of amides is 2. The van der Waals surface area contributed by atoms with Crippen LogP contribution in [0.4, 0.5) is 0 Å². The number of piperidine rings is 1. The highest BCUT2D eigenvalue weighted by Gasteiger charge is 2.37. The molecule has 124 valence electrons. The smallest absolute Gasteiger partial charge is 0.227 e. The second-order valence-corrected chi connectivity index (χ2v) is 6.62. The van der Waals surface area contributed by atoms with Crippen molar-refractivity contribution < 1.29 is 14.3 Å². The maximum atomic E-state index is 12.5. The first kappa shape index (κ1) is 16.1. The van der Waals surface area contributed by atoms with Crippen LogP contribution in [0, 0.1) is 5.92 Å². The molecular weight excluding hydrogens is 316 g/mol. The van der Waals surface area contributed by atoms with Gasteiger partial charge in [0.05, 0.1) is 24.0 Å². The molecule has 1 atom stereocenters. The molecular formula is C17H21ClN2O3. The van der Waals surface area contributed by atoms with Gasteiger partial charge in [0.25, 0.3) is 0 Å². The predicted molar refractivity (Wildman–Crippen MR) is 87.4 cm³/mol. The molecule has 0 spiro atoms. The minimum absolute atomic E-state index is 0.00801. The van der Waals surface area contributed by atoms with Crippen LogP contribution < -0.4 is 4.74 Å². The van der Waals surface area contributed by atoms with Gasteiger partial charge in [0, 0.05) is 20.0 Å². The number of carbonyl (C=O) groups excluding carboxylic acids is 2. The molecule has 3 rings (SSSR count). The molecule has 2 aliphatic rings.